The summed E-state index contributed by atoms with van der Waals surface area (Å²) in [6.07, 6.45) is 2.07. The fourth-order valence-corrected chi connectivity index (χ4v) is 3.90. The smallest absolute Gasteiger partial charge is 0.225 e. The third kappa shape index (κ3) is 4.00. The van der Waals surface area contributed by atoms with Crippen molar-refractivity contribution in [1.82, 2.24) is 10.2 Å². The molecule has 1 aromatic rings. The summed E-state index contributed by atoms with van der Waals surface area (Å²) in [5, 5.41) is 3.09. The molecular formula is C20H28FN3O2. The normalized spacial score (nSPS) is 23.7. The number of hydrogen-bond donors (Lipinski definition) is 1. The highest BCUT2D eigenvalue weighted by Gasteiger charge is 2.36. The third-order valence-corrected chi connectivity index (χ3v) is 5.36. The lowest BCUT2D eigenvalue weighted by atomic mass is 10.0. The Balaban J connectivity index is 1.61. The molecule has 0 bridgehead atoms. The zero-order chi connectivity index (χ0) is 18.8. The van der Waals surface area contributed by atoms with Crippen molar-refractivity contribution in [2.24, 2.45) is 5.92 Å². The Kier molecular flexibility index (Phi) is 5.49. The SMILES string of the molecule is Cc1ccc(F)c(N2CCCC(NC(=O)C3CC(=O)N(C(C)C)C3)C2)c1. The second-order valence-electron chi connectivity index (χ2n) is 7.79. The van der Waals surface area contributed by atoms with E-state index < -0.39 is 0 Å². The topological polar surface area (TPSA) is 52.7 Å². The van der Waals surface area contributed by atoms with E-state index in [0.29, 0.717) is 18.8 Å². The van der Waals surface area contributed by atoms with Gasteiger partial charge in [-0.3, -0.25) is 9.59 Å². The molecule has 5 nitrogen and oxygen atoms in total. The van der Waals surface area contributed by atoms with Crippen molar-refractivity contribution in [2.45, 2.75) is 52.1 Å². The van der Waals surface area contributed by atoms with Crippen molar-refractivity contribution >= 4 is 17.5 Å². The summed E-state index contributed by atoms with van der Waals surface area (Å²) >= 11 is 0. The van der Waals surface area contributed by atoms with Crippen LogP contribution in [0.3, 0.4) is 0 Å². The maximum absolute atomic E-state index is 14.2. The Morgan fingerprint density at radius 2 is 2.08 bits per heavy atom. The largest absolute Gasteiger partial charge is 0.367 e. The summed E-state index contributed by atoms with van der Waals surface area (Å²) in [5.41, 5.74) is 1.62. The number of halogens is 1. The maximum atomic E-state index is 14.2. The van der Waals surface area contributed by atoms with Crippen molar-refractivity contribution in [3.8, 4) is 0 Å². The van der Waals surface area contributed by atoms with Gasteiger partial charge in [-0.05, 0) is 51.3 Å². The number of hydrogen-bond acceptors (Lipinski definition) is 3. The first-order valence-electron chi connectivity index (χ1n) is 9.46. The molecule has 0 spiro atoms. The summed E-state index contributed by atoms with van der Waals surface area (Å²) in [6, 6.07) is 5.22. The average molecular weight is 361 g/mol. The lowest BCUT2D eigenvalue weighted by molar-refractivity contribution is -0.130. The van der Waals surface area contributed by atoms with E-state index in [1.54, 1.807) is 11.0 Å². The Bertz CT molecular complexity index is 692. The molecule has 1 N–H and O–H groups in total. The van der Waals surface area contributed by atoms with Crippen LogP contribution in [0.5, 0.6) is 0 Å². The highest BCUT2D eigenvalue weighted by Crippen LogP contribution is 2.25. The number of rotatable bonds is 4. The maximum Gasteiger partial charge on any atom is 0.225 e. The van der Waals surface area contributed by atoms with Gasteiger partial charge in [-0.1, -0.05) is 6.07 Å². The van der Waals surface area contributed by atoms with Crippen molar-refractivity contribution in [3.05, 3.63) is 29.6 Å². The van der Waals surface area contributed by atoms with Crippen LogP contribution in [0.2, 0.25) is 0 Å². The van der Waals surface area contributed by atoms with Crippen LogP contribution in [0.1, 0.15) is 38.7 Å². The van der Waals surface area contributed by atoms with Gasteiger partial charge >= 0.3 is 0 Å². The first kappa shape index (κ1) is 18.7. The predicted octanol–water partition coefficient (Wildman–Crippen LogP) is 2.48. The Morgan fingerprint density at radius 3 is 2.77 bits per heavy atom. The Morgan fingerprint density at radius 1 is 1.31 bits per heavy atom. The number of anilines is 1. The molecule has 2 amide bonds. The zero-order valence-electron chi connectivity index (χ0n) is 15.8. The average Bonchev–Trinajstić information content (AvgIpc) is 2.99. The van der Waals surface area contributed by atoms with Crippen molar-refractivity contribution in [2.75, 3.05) is 24.5 Å². The summed E-state index contributed by atoms with van der Waals surface area (Å²) < 4.78 is 14.2. The molecule has 0 aliphatic carbocycles. The molecule has 1 aromatic carbocycles. The van der Waals surface area contributed by atoms with E-state index >= 15 is 0 Å². The van der Waals surface area contributed by atoms with Crippen LogP contribution in [0.25, 0.3) is 0 Å². The molecule has 0 aromatic heterocycles. The van der Waals surface area contributed by atoms with Crippen LogP contribution < -0.4 is 10.2 Å². The fraction of sp³-hybridized carbons (Fsp3) is 0.600. The highest BCUT2D eigenvalue weighted by molar-refractivity contribution is 5.89. The highest BCUT2D eigenvalue weighted by atomic mass is 19.1. The van der Waals surface area contributed by atoms with Gasteiger partial charge in [-0.25, -0.2) is 4.39 Å². The van der Waals surface area contributed by atoms with Crippen LogP contribution in [0.15, 0.2) is 18.2 Å². The molecule has 2 aliphatic rings. The van der Waals surface area contributed by atoms with Gasteiger partial charge in [0.2, 0.25) is 11.8 Å². The molecule has 2 unspecified atom stereocenters. The van der Waals surface area contributed by atoms with Crippen LogP contribution in [0, 0.1) is 18.7 Å². The molecule has 26 heavy (non-hydrogen) atoms. The molecular weight excluding hydrogens is 333 g/mol. The number of amides is 2. The second-order valence-corrected chi connectivity index (χ2v) is 7.79. The molecule has 2 aliphatic heterocycles. The molecule has 0 radical (unpaired) electrons. The quantitative estimate of drug-likeness (QED) is 0.896. The van der Waals surface area contributed by atoms with E-state index in [1.807, 2.05) is 31.7 Å². The molecule has 6 heteroatoms. The summed E-state index contributed by atoms with van der Waals surface area (Å²) in [7, 11) is 0. The number of carbonyl (C=O) groups is 2. The zero-order valence-corrected chi connectivity index (χ0v) is 15.8. The van der Waals surface area contributed by atoms with Crippen LogP contribution >= 0.6 is 0 Å². The molecule has 3 rings (SSSR count). The minimum atomic E-state index is -0.281. The van der Waals surface area contributed by atoms with Crippen molar-refractivity contribution < 1.29 is 14.0 Å². The van der Waals surface area contributed by atoms with Gasteiger partial charge in [0.05, 0.1) is 11.6 Å². The standard InChI is InChI=1S/C20H28FN3O2/c1-13(2)24-11-15(10-19(24)25)20(26)22-16-5-4-8-23(12-16)18-9-14(3)6-7-17(18)21/h6-7,9,13,15-16H,4-5,8,10-12H2,1-3H3,(H,22,26). The Hall–Kier alpha value is -2.11. The van der Waals surface area contributed by atoms with Gasteiger partial charge < -0.3 is 15.1 Å². The molecule has 2 heterocycles. The molecule has 0 saturated carbocycles. The fourth-order valence-electron chi connectivity index (χ4n) is 3.90. The van der Waals surface area contributed by atoms with Crippen molar-refractivity contribution in [1.29, 1.82) is 0 Å². The number of likely N-dealkylation sites (tertiary alicyclic amines) is 1. The summed E-state index contributed by atoms with van der Waals surface area (Å²) in [4.78, 5) is 28.4. The number of aryl methyl sites for hydroxylation is 1. The summed E-state index contributed by atoms with van der Waals surface area (Å²) in [6.45, 7) is 7.76. The van der Waals surface area contributed by atoms with Gasteiger partial charge in [-0.2, -0.15) is 0 Å². The monoisotopic (exact) mass is 361 g/mol. The summed E-state index contributed by atoms with van der Waals surface area (Å²) in [5.74, 6) is -0.516. The second kappa shape index (κ2) is 7.64. The predicted molar refractivity (Wildman–Crippen MR) is 99.5 cm³/mol. The van der Waals surface area contributed by atoms with E-state index in [1.165, 1.54) is 6.07 Å². The number of nitrogens with one attached hydrogen (secondary N) is 1. The Labute approximate surface area is 154 Å². The van der Waals surface area contributed by atoms with Crippen molar-refractivity contribution in [3.63, 3.8) is 0 Å². The van der Waals surface area contributed by atoms with Gasteiger partial charge in [0.15, 0.2) is 0 Å². The van der Waals surface area contributed by atoms with E-state index in [9.17, 15) is 14.0 Å². The van der Waals surface area contributed by atoms with E-state index in [4.69, 9.17) is 0 Å². The molecule has 142 valence electrons. The molecule has 2 fully saturated rings. The third-order valence-electron chi connectivity index (χ3n) is 5.36. The van der Waals surface area contributed by atoms with Gasteiger partial charge in [0.25, 0.3) is 0 Å². The lowest BCUT2D eigenvalue weighted by Gasteiger charge is -2.35. The number of piperidine rings is 1. The van der Waals surface area contributed by atoms with Gasteiger partial charge in [0.1, 0.15) is 5.82 Å². The molecule has 2 atom stereocenters. The van der Waals surface area contributed by atoms with E-state index in [-0.39, 0.29) is 42.1 Å². The van der Waals surface area contributed by atoms with Gasteiger partial charge in [0, 0.05) is 38.1 Å². The van der Waals surface area contributed by atoms with E-state index in [0.717, 1.165) is 24.9 Å². The first-order valence-corrected chi connectivity index (χ1v) is 9.46. The number of nitrogens with zero attached hydrogens (tertiary/aromatic N) is 2. The lowest BCUT2D eigenvalue weighted by Crippen LogP contribution is -2.49. The van der Waals surface area contributed by atoms with Crippen LogP contribution in [0.4, 0.5) is 10.1 Å². The van der Waals surface area contributed by atoms with Crippen LogP contribution in [-0.4, -0.2) is 48.4 Å². The molecule has 2 saturated heterocycles. The number of carbonyl (C=O) groups excluding carboxylic acids is 2. The number of benzene rings is 1. The minimum Gasteiger partial charge on any atom is -0.367 e. The van der Waals surface area contributed by atoms with E-state index in [2.05, 4.69) is 5.32 Å². The first-order chi connectivity index (χ1) is 12.3. The van der Waals surface area contributed by atoms with Crippen LogP contribution in [-0.2, 0) is 9.59 Å². The minimum absolute atomic E-state index is 0.0145. The van der Waals surface area contributed by atoms with Gasteiger partial charge in [-0.15, -0.1) is 0 Å².